The van der Waals surface area contributed by atoms with Crippen LogP contribution in [0.1, 0.15) is 11.1 Å². The molecule has 0 N–H and O–H groups in total. The van der Waals surface area contributed by atoms with Gasteiger partial charge in [0.2, 0.25) is 0 Å². The molecule has 0 saturated carbocycles. The Kier molecular flexibility index (Phi) is 5.38. The van der Waals surface area contributed by atoms with E-state index in [0.29, 0.717) is 15.8 Å². The van der Waals surface area contributed by atoms with Gasteiger partial charge in [-0.3, -0.25) is 4.79 Å². The molecule has 0 radical (unpaired) electrons. The monoisotopic (exact) mass is 352 g/mol. The highest BCUT2D eigenvalue weighted by molar-refractivity contribution is 9.10. The fraction of sp³-hybridized carbons (Fsp3) is 0.188. The number of rotatable bonds is 5. The zero-order valence-electron chi connectivity index (χ0n) is 11.0. The van der Waals surface area contributed by atoms with Crippen LogP contribution in [0.4, 0.5) is 4.39 Å². The molecule has 0 aliphatic carbocycles. The summed E-state index contributed by atoms with van der Waals surface area (Å²) >= 11 is 4.69. The van der Waals surface area contributed by atoms with Crippen LogP contribution in [0.3, 0.4) is 0 Å². The Balaban J connectivity index is 1.94. The van der Waals surface area contributed by atoms with Crippen LogP contribution < -0.4 is 0 Å². The number of thioether (sulfide) groups is 1. The lowest BCUT2D eigenvalue weighted by molar-refractivity contribution is -0.116. The second-order valence-electron chi connectivity index (χ2n) is 4.53. The molecule has 0 amide bonds. The smallest absolute Gasteiger partial charge is 0.147 e. The topological polar surface area (TPSA) is 17.1 Å². The van der Waals surface area contributed by atoms with E-state index in [1.807, 2.05) is 25.1 Å². The maximum atomic E-state index is 13.4. The van der Waals surface area contributed by atoms with Gasteiger partial charge in [0.05, 0.1) is 10.2 Å². The summed E-state index contributed by atoms with van der Waals surface area (Å²) < 4.78 is 13.7. The number of carbonyl (C=O) groups is 1. The predicted molar refractivity (Wildman–Crippen MR) is 84.7 cm³/mol. The van der Waals surface area contributed by atoms with Gasteiger partial charge in [-0.05, 0) is 46.6 Å². The van der Waals surface area contributed by atoms with E-state index in [1.165, 1.54) is 23.4 Å². The van der Waals surface area contributed by atoms with Gasteiger partial charge in [0.1, 0.15) is 11.6 Å². The van der Waals surface area contributed by atoms with Gasteiger partial charge in [0.15, 0.2) is 0 Å². The summed E-state index contributed by atoms with van der Waals surface area (Å²) in [5.74, 6) is 0.149. The third kappa shape index (κ3) is 4.18. The number of hydrogen-bond acceptors (Lipinski definition) is 2. The van der Waals surface area contributed by atoms with Crippen molar-refractivity contribution in [1.29, 1.82) is 0 Å². The lowest BCUT2D eigenvalue weighted by atomic mass is 10.1. The van der Waals surface area contributed by atoms with E-state index < -0.39 is 0 Å². The molecule has 20 heavy (non-hydrogen) atoms. The summed E-state index contributed by atoms with van der Waals surface area (Å²) in [7, 11) is 0. The van der Waals surface area contributed by atoms with E-state index in [9.17, 15) is 9.18 Å². The molecule has 0 aliphatic rings. The van der Waals surface area contributed by atoms with Crippen LogP contribution in [-0.4, -0.2) is 11.5 Å². The van der Waals surface area contributed by atoms with Crippen LogP contribution >= 0.6 is 27.7 Å². The zero-order valence-corrected chi connectivity index (χ0v) is 13.4. The average Bonchev–Trinajstić information content (AvgIpc) is 2.42. The van der Waals surface area contributed by atoms with E-state index >= 15 is 0 Å². The summed E-state index contributed by atoms with van der Waals surface area (Å²) in [4.78, 5) is 13.1. The standard InChI is InChI=1S/C16H14BrFOS/c1-11-4-2-6-14(8-11)20-10-13(19)9-12-5-3-7-15(18)16(12)17/h2-8H,9-10H2,1H3. The molecule has 0 bridgehead atoms. The van der Waals surface area contributed by atoms with Crippen molar-refractivity contribution < 1.29 is 9.18 Å². The first-order chi connectivity index (χ1) is 9.56. The van der Waals surface area contributed by atoms with Crippen molar-refractivity contribution in [2.75, 3.05) is 5.75 Å². The van der Waals surface area contributed by atoms with Gasteiger partial charge in [-0.15, -0.1) is 11.8 Å². The van der Waals surface area contributed by atoms with E-state index in [1.54, 1.807) is 12.1 Å². The van der Waals surface area contributed by atoms with Crippen LogP contribution in [0.2, 0.25) is 0 Å². The third-order valence-electron chi connectivity index (χ3n) is 2.81. The van der Waals surface area contributed by atoms with E-state index in [2.05, 4.69) is 22.0 Å². The molecule has 0 heterocycles. The third-order valence-corrected chi connectivity index (χ3v) is 4.75. The molecule has 104 valence electrons. The van der Waals surface area contributed by atoms with Crippen LogP contribution in [0.25, 0.3) is 0 Å². The number of benzene rings is 2. The lowest BCUT2D eigenvalue weighted by Gasteiger charge is -2.05. The van der Waals surface area contributed by atoms with Gasteiger partial charge in [0.25, 0.3) is 0 Å². The molecule has 1 nitrogen and oxygen atoms in total. The maximum Gasteiger partial charge on any atom is 0.147 e. The quantitative estimate of drug-likeness (QED) is 0.719. The van der Waals surface area contributed by atoms with Crippen LogP contribution in [0, 0.1) is 12.7 Å². The average molecular weight is 353 g/mol. The number of hydrogen-bond donors (Lipinski definition) is 0. The summed E-state index contributed by atoms with van der Waals surface area (Å²) in [5, 5.41) is 0. The molecule has 2 rings (SSSR count). The molecule has 0 aliphatic heterocycles. The number of halogens is 2. The second kappa shape index (κ2) is 7.04. The van der Waals surface area contributed by atoms with Crippen LogP contribution in [-0.2, 0) is 11.2 Å². The van der Waals surface area contributed by atoms with Gasteiger partial charge in [0, 0.05) is 11.3 Å². The van der Waals surface area contributed by atoms with Crippen molar-refractivity contribution in [3.8, 4) is 0 Å². The Bertz CT molecular complexity index is 628. The van der Waals surface area contributed by atoms with E-state index in [-0.39, 0.29) is 18.0 Å². The highest BCUT2D eigenvalue weighted by Crippen LogP contribution is 2.23. The molecular formula is C16H14BrFOS. The largest absolute Gasteiger partial charge is 0.298 e. The molecule has 0 unspecified atom stereocenters. The first kappa shape index (κ1) is 15.3. The molecule has 4 heteroatoms. The number of carbonyl (C=O) groups excluding carboxylic acids is 1. The lowest BCUT2D eigenvalue weighted by Crippen LogP contribution is -2.06. The van der Waals surface area contributed by atoms with Crippen LogP contribution in [0.5, 0.6) is 0 Å². The predicted octanol–water partition coefficient (Wildman–Crippen LogP) is 4.80. The normalized spacial score (nSPS) is 10.6. The fourth-order valence-corrected chi connectivity index (χ4v) is 3.10. The van der Waals surface area contributed by atoms with E-state index in [4.69, 9.17) is 0 Å². The fourth-order valence-electron chi connectivity index (χ4n) is 1.82. The summed E-state index contributed by atoms with van der Waals surface area (Å²) in [5.41, 5.74) is 1.87. The minimum Gasteiger partial charge on any atom is -0.298 e. The van der Waals surface area contributed by atoms with Crippen molar-refractivity contribution in [3.05, 3.63) is 63.9 Å². The van der Waals surface area contributed by atoms with Gasteiger partial charge < -0.3 is 0 Å². The second-order valence-corrected chi connectivity index (χ2v) is 6.38. The Labute approximate surface area is 130 Å². The maximum absolute atomic E-state index is 13.4. The van der Waals surface area contributed by atoms with Crippen molar-refractivity contribution in [2.24, 2.45) is 0 Å². The Morgan fingerprint density at radius 2 is 2.00 bits per heavy atom. The van der Waals surface area contributed by atoms with Crippen molar-refractivity contribution in [2.45, 2.75) is 18.2 Å². The molecule has 2 aromatic rings. The van der Waals surface area contributed by atoms with Gasteiger partial charge in [-0.25, -0.2) is 4.39 Å². The van der Waals surface area contributed by atoms with E-state index in [0.717, 1.165) is 4.90 Å². The number of aryl methyl sites for hydroxylation is 1. The summed E-state index contributed by atoms with van der Waals surface area (Å²) in [6.45, 7) is 2.02. The molecule has 0 atom stereocenters. The molecule has 0 aromatic heterocycles. The minimum absolute atomic E-state index is 0.0859. The Morgan fingerprint density at radius 3 is 2.75 bits per heavy atom. The van der Waals surface area contributed by atoms with Crippen molar-refractivity contribution >= 4 is 33.5 Å². The number of Topliss-reactive ketones (excluding diaryl/α,β-unsaturated/α-hetero) is 1. The molecular weight excluding hydrogens is 339 g/mol. The van der Waals surface area contributed by atoms with Crippen molar-refractivity contribution in [1.82, 2.24) is 0 Å². The van der Waals surface area contributed by atoms with Gasteiger partial charge in [-0.1, -0.05) is 29.8 Å². The number of ketones is 1. The van der Waals surface area contributed by atoms with Crippen molar-refractivity contribution in [3.63, 3.8) is 0 Å². The minimum atomic E-state index is -0.332. The first-order valence-electron chi connectivity index (χ1n) is 6.20. The van der Waals surface area contributed by atoms with Gasteiger partial charge >= 0.3 is 0 Å². The SMILES string of the molecule is Cc1cccc(SCC(=O)Cc2cccc(F)c2Br)c1. The molecule has 2 aromatic carbocycles. The molecule has 0 fully saturated rings. The van der Waals surface area contributed by atoms with Gasteiger partial charge in [-0.2, -0.15) is 0 Å². The zero-order chi connectivity index (χ0) is 14.5. The highest BCUT2D eigenvalue weighted by Gasteiger charge is 2.10. The molecule has 0 saturated heterocycles. The Morgan fingerprint density at radius 1 is 1.25 bits per heavy atom. The Hall–Kier alpha value is -1.13. The first-order valence-corrected chi connectivity index (χ1v) is 7.98. The highest BCUT2D eigenvalue weighted by atomic mass is 79.9. The van der Waals surface area contributed by atoms with Crippen LogP contribution in [0.15, 0.2) is 51.8 Å². The molecule has 0 spiro atoms. The summed E-state index contributed by atoms with van der Waals surface area (Å²) in [6, 6.07) is 12.8. The summed E-state index contributed by atoms with van der Waals surface area (Å²) in [6.07, 6.45) is 0.247.